The summed E-state index contributed by atoms with van der Waals surface area (Å²) in [4.78, 5) is 24.2. The quantitative estimate of drug-likeness (QED) is 0.886. The van der Waals surface area contributed by atoms with Gasteiger partial charge >= 0.3 is 5.97 Å². The summed E-state index contributed by atoms with van der Waals surface area (Å²) in [5.41, 5.74) is 1.10. The molecule has 0 aliphatic heterocycles. The lowest BCUT2D eigenvalue weighted by Crippen LogP contribution is -2.30. The molecule has 0 radical (unpaired) electrons. The molecule has 6 heteroatoms. The molecule has 0 saturated heterocycles. The summed E-state index contributed by atoms with van der Waals surface area (Å²) in [6, 6.07) is 8.83. The van der Waals surface area contributed by atoms with Crippen molar-refractivity contribution in [2.45, 2.75) is 6.92 Å². The van der Waals surface area contributed by atoms with Crippen LogP contribution in [0.25, 0.3) is 0 Å². The van der Waals surface area contributed by atoms with Gasteiger partial charge in [0.1, 0.15) is 18.6 Å². The number of hydrogen-bond donors (Lipinski definition) is 1. The Morgan fingerprint density at radius 1 is 1.27 bits per heavy atom. The Labute approximate surface area is 127 Å². The molecule has 1 aromatic heterocycles. The lowest BCUT2D eigenvalue weighted by molar-refractivity contribution is 0.0694. The fourth-order valence-electron chi connectivity index (χ4n) is 1.79. The molecule has 0 atom stereocenters. The molecular formula is C16H17NO5. The van der Waals surface area contributed by atoms with Gasteiger partial charge in [0.05, 0.1) is 12.1 Å². The Morgan fingerprint density at radius 3 is 2.55 bits per heavy atom. The second kappa shape index (κ2) is 6.80. The third-order valence-corrected chi connectivity index (χ3v) is 3.12. The standard InChI is InChI=1S/C16H17NO5/c1-11-3-5-13(6-4-11)21-8-7-17(2)15(18)14-9-12(10-22-14)16(19)20/h3-6,9-10H,7-8H2,1-2H3,(H,19,20). The van der Waals surface area contributed by atoms with Gasteiger partial charge in [-0.2, -0.15) is 0 Å². The number of carbonyl (C=O) groups is 2. The van der Waals surface area contributed by atoms with E-state index in [9.17, 15) is 9.59 Å². The van der Waals surface area contributed by atoms with Crippen molar-refractivity contribution in [1.82, 2.24) is 4.90 Å². The number of carbonyl (C=O) groups excluding carboxylic acids is 1. The molecule has 1 heterocycles. The number of hydrogen-bond acceptors (Lipinski definition) is 4. The monoisotopic (exact) mass is 303 g/mol. The van der Waals surface area contributed by atoms with Gasteiger partial charge in [-0.15, -0.1) is 0 Å². The number of amides is 1. The molecule has 0 aliphatic rings. The van der Waals surface area contributed by atoms with Gasteiger partial charge in [0.15, 0.2) is 5.76 Å². The zero-order chi connectivity index (χ0) is 16.1. The minimum atomic E-state index is -1.13. The van der Waals surface area contributed by atoms with Crippen LogP contribution in [0.15, 0.2) is 41.0 Å². The normalized spacial score (nSPS) is 10.3. The lowest BCUT2D eigenvalue weighted by Gasteiger charge is -2.16. The van der Waals surface area contributed by atoms with Crippen molar-refractivity contribution >= 4 is 11.9 Å². The Morgan fingerprint density at radius 2 is 1.95 bits per heavy atom. The van der Waals surface area contributed by atoms with Crippen LogP contribution in [0.5, 0.6) is 5.75 Å². The summed E-state index contributed by atoms with van der Waals surface area (Å²) in [6.45, 7) is 2.68. The number of nitrogens with zero attached hydrogens (tertiary/aromatic N) is 1. The Balaban J connectivity index is 1.85. The summed E-state index contributed by atoms with van der Waals surface area (Å²) in [5.74, 6) is -0.791. The minimum Gasteiger partial charge on any atom is -0.492 e. The molecule has 22 heavy (non-hydrogen) atoms. The Hall–Kier alpha value is -2.76. The first-order valence-corrected chi connectivity index (χ1v) is 6.74. The zero-order valence-electron chi connectivity index (χ0n) is 12.4. The third kappa shape index (κ3) is 3.88. The van der Waals surface area contributed by atoms with Crippen LogP contribution in [0.2, 0.25) is 0 Å². The molecule has 6 nitrogen and oxygen atoms in total. The van der Waals surface area contributed by atoms with Crippen molar-refractivity contribution in [3.05, 3.63) is 53.5 Å². The first-order chi connectivity index (χ1) is 10.5. The highest BCUT2D eigenvalue weighted by Gasteiger charge is 2.18. The molecular weight excluding hydrogens is 286 g/mol. The van der Waals surface area contributed by atoms with E-state index in [-0.39, 0.29) is 17.2 Å². The maximum absolute atomic E-state index is 12.1. The first-order valence-electron chi connectivity index (χ1n) is 6.74. The van der Waals surface area contributed by atoms with Crippen LogP contribution in [0, 0.1) is 6.92 Å². The molecule has 0 aliphatic carbocycles. The van der Waals surface area contributed by atoms with Crippen LogP contribution in [0.3, 0.4) is 0 Å². The summed E-state index contributed by atoms with van der Waals surface area (Å²) >= 11 is 0. The highest BCUT2D eigenvalue weighted by atomic mass is 16.5. The van der Waals surface area contributed by atoms with Gasteiger partial charge in [-0.1, -0.05) is 17.7 Å². The fourth-order valence-corrected chi connectivity index (χ4v) is 1.79. The van der Waals surface area contributed by atoms with Crippen LogP contribution in [0.1, 0.15) is 26.5 Å². The van der Waals surface area contributed by atoms with Crippen molar-refractivity contribution in [2.24, 2.45) is 0 Å². The van der Waals surface area contributed by atoms with E-state index in [1.54, 1.807) is 7.05 Å². The number of ether oxygens (including phenoxy) is 1. The van der Waals surface area contributed by atoms with Gasteiger partial charge in [0.25, 0.3) is 5.91 Å². The van der Waals surface area contributed by atoms with E-state index in [0.717, 1.165) is 17.6 Å². The van der Waals surface area contributed by atoms with E-state index < -0.39 is 5.97 Å². The van der Waals surface area contributed by atoms with Crippen molar-refractivity contribution in [3.63, 3.8) is 0 Å². The van der Waals surface area contributed by atoms with Gasteiger partial charge in [0, 0.05) is 13.1 Å². The Bertz CT molecular complexity index is 659. The number of carboxylic acid groups (broad SMARTS) is 1. The van der Waals surface area contributed by atoms with Crippen LogP contribution in [0.4, 0.5) is 0 Å². The number of furan rings is 1. The molecule has 0 unspecified atom stereocenters. The minimum absolute atomic E-state index is 0.00441. The second-order valence-electron chi connectivity index (χ2n) is 4.89. The fraction of sp³-hybridized carbons (Fsp3) is 0.250. The van der Waals surface area contributed by atoms with E-state index in [1.807, 2.05) is 31.2 Å². The van der Waals surface area contributed by atoms with E-state index in [0.29, 0.717) is 13.2 Å². The van der Waals surface area contributed by atoms with Crippen LogP contribution >= 0.6 is 0 Å². The van der Waals surface area contributed by atoms with Crippen molar-refractivity contribution in [1.29, 1.82) is 0 Å². The largest absolute Gasteiger partial charge is 0.492 e. The molecule has 116 valence electrons. The molecule has 1 aromatic carbocycles. The second-order valence-corrected chi connectivity index (χ2v) is 4.89. The smallest absolute Gasteiger partial charge is 0.338 e. The molecule has 0 bridgehead atoms. The van der Waals surface area contributed by atoms with Gasteiger partial charge < -0.3 is 19.2 Å². The molecule has 0 spiro atoms. The molecule has 0 fully saturated rings. The molecule has 1 amide bonds. The molecule has 1 N–H and O–H groups in total. The van der Waals surface area contributed by atoms with Crippen molar-refractivity contribution in [2.75, 3.05) is 20.2 Å². The summed E-state index contributed by atoms with van der Waals surface area (Å²) < 4.78 is 10.5. The number of benzene rings is 1. The van der Waals surface area contributed by atoms with E-state index in [2.05, 4.69) is 0 Å². The average Bonchev–Trinajstić information content (AvgIpc) is 2.98. The first kappa shape index (κ1) is 15.6. The lowest BCUT2D eigenvalue weighted by atomic mass is 10.2. The summed E-state index contributed by atoms with van der Waals surface area (Å²) in [5, 5.41) is 8.80. The van der Waals surface area contributed by atoms with Crippen molar-refractivity contribution < 1.29 is 23.8 Å². The Kier molecular flexibility index (Phi) is 4.83. The van der Waals surface area contributed by atoms with E-state index in [4.69, 9.17) is 14.3 Å². The summed E-state index contributed by atoms with van der Waals surface area (Å²) in [6.07, 6.45) is 1.05. The van der Waals surface area contributed by atoms with Gasteiger partial charge in [-0.3, -0.25) is 4.79 Å². The van der Waals surface area contributed by atoms with Crippen LogP contribution < -0.4 is 4.74 Å². The van der Waals surface area contributed by atoms with Crippen molar-refractivity contribution in [3.8, 4) is 5.75 Å². The van der Waals surface area contributed by atoms with Gasteiger partial charge in [-0.05, 0) is 19.1 Å². The van der Waals surface area contributed by atoms with Crippen LogP contribution in [-0.2, 0) is 0 Å². The number of aryl methyl sites for hydroxylation is 1. The number of rotatable bonds is 6. The van der Waals surface area contributed by atoms with Gasteiger partial charge in [0.2, 0.25) is 0 Å². The molecule has 2 rings (SSSR count). The zero-order valence-corrected chi connectivity index (χ0v) is 12.4. The maximum Gasteiger partial charge on any atom is 0.338 e. The van der Waals surface area contributed by atoms with E-state index in [1.165, 1.54) is 11.0 Å². The van der Waals surface area contributed by atoms with E-state index >= 15 is 0 Å². The maximum atomic E-state index is 12.1. The summed E-state index contributed by atoms with van der Waals surface area (Å²) in [7, 11) is 1.60. The highest BCUT2D eigenvalue weighted by molar-refractivity contribution is 5.95. The molecule has 0 saturated carbocycles. The number of likely N-dealkylation sites (N-methyl/N-ethyl adjacent to an activating group) is 1. The molecule has 2 aromatic rings. The van der Waals surface area contributed by atoms with Crippen LogP contribution in [-0.4, -0.2) is 42.1 Å². The SMILES string of the molecule is Cc1ccc(OCCN(C)C(=O)c2cc(C(=O)O)co2)cc1. The third-order valence-electron chi connectivity index (χ3n) is 3.12. The topological polar surface area (TPSA) is 80.0 Å². The average molecular weight is 303 g/mol. The number of carboxylic acids is 1. The predicted molar refractivity (Wildman–Crippen MR) is 79.3 cm³/mol. The number of aromatic carboxylic acids is 1. The highest BCUT2D eigenvalue weighted by Crippen LogP contribution is 2.12. The van der Waals surface area contributed by atoms with Gasteiger partial charge in [-0.25, -0.2) is 4.79 Å². The predicted octanol–water partition coefficient (Wildman–Crippen LogP) is 2.44.